The van der Waals surface area contributed by atoms with Crippen LogP contribution < -0.4 is 10.6 Å². The van der Waals surface area contributed by atoms with Gasteiger partial charge >= 0.3 is 0 Å². The summed E-state index contributed by atoms with van der Waals surface area (Å²) in [6.45, 7) is 8.62. The summed E-state index contributed by atoms with van der Waals surface area (Å²) >= 11 is 0. The number of H-pyrrole nitrogens is 1. The van der Waals surface area contributed by atoms with E-state index in [1.807, 2.05) is 48.5 Å². The molecule has 5 rings (SSSR count). The number of hydrogen-bond acceptors (Lipinski definition) is 8. The number of para-hydroxylation sites is 1. The van der Waals surface area contributed by atoms with E-state index in [0.717, 1.165) is 22.3 Å². The van der Waals surface area contributed by atoms with Crippen molar-refractivity contribution in [2.24, 2.45) is 10.2 Å². The van der Waals surface area contributed by atoms with Crippen molar-refractivity contribution in [2.75, 3.05) is 10.6 Å². The standard InChI is InChI=1S/C29H30N8O/c1-17(2)19-9-13-21(14-10-19)30-27-33-28(31-22-15-11-20(12-16-22)18(3)4)35-29(34-27)37-36-25-23-7-5-6-8-24(23)32-26(25)38/h5-18,32,38H,1-4H3,(H2,30,31,33,34,35). The SMILES string of the molecule is CC(C)c1ccc(Nc2nc(N=Nc3c(O)[nH]c4ccccc34)nc(Nc3ccc(C(C)C)cc3)n2)cc1. The molecule has 0 aliphatic carbocycles. The summed E-state index contributed by atoms with van der Waals surface area (Å²) < 4.78 is 0. The Balaban J connectivity index is 1.47. The molecule has 0 aliphatic rings. The molecule has 5 aromatic rings. The highest BCUT2D eigenvalue weighted by Gasteiger charge is 2.12. The Bertz CT molecular complexity index is 1500. The number of aromatic hydroxyl groups is 1. The molecule has 0 unspecified atom stereocenters. The van der Waals surface area contributed by atoms with Gasteiger partial charge in [-0.25, -0.2) is 0 Å². The van der Waals surface area contributed by atoms with Gasteiger partial charge in [-0.1, -0.05) is 70.2 Å². The molecule has 2 aromatic heterocycles. The second-order valence-corrected chi connectivity index (χ2v) is 9.65. The van der Waals surface area contributed by atoms with Gasteiger partial charge in [0.25, 0.3) is 5.95 Å². The monoisotopic (exact) mass is 506 g/mol. The molecule has 9 nitrogen and oxygen atoms in total. The number of nitrogens with zero attached hydrogens (tertiary/aromatic N) is 5. The van der Waals surface area contributed by atoms with Crippen molar-refractivity contribution in [3.8, 4) is 5.88 Å². The first-order valence-electron chi connectivity index (χ1n) is 12.6. The van der Waals surface area contributed by atoms with Gasteiger partial charge in [0.05, 0.1) is 5.52 Å². The van der Waals surface area contributed by atoms with Crippen LogP contribution >= 0.6 is 0 Å². The first-order valence-corrected chi connectivity index (χ1v) is 12.6. The van der Waals surface area contributed by atoms with Crippen LogP contribution in [0.1, 0.15) is 50.7 Å². The van der Waals surface area contributed by atoms with Gasteiger partial charge < -0.3 is 20.7 Å². The van der Waals surface area contributed by atoms with Crippen molar-refractivity contribution < 1.29 is 5.11 Å². The largest absolute Gasteiger partial charge is 0.493 e. The lowest BCUT2D eigenvalue weighted by atomic mass is 10.0. The molecule has 0 spiro atoms. The average molecular weight is 507 g/mol. The zero-order valence-corrected chi connectivity index (χ0v) is 21.8. The maximum Gasteiger partial charge on any atom is 0.275 e. The highest BCUT2D eigenvalue weighted by Crippen LogP contribution is 2.36. The van der Waals surface area contributed by atoms with E-state index in [1.54, 1.807) is 0 Å². The van der Waals surface area contributed by atoms with Gasteiger partial charge in [-0.3, -0.25) is 0 Å². The van der Waals surface area contributed by atoms with Crippen LogP contribution in [-0.2, 0) is 0 Å². The fourth-order valence-electron chi connectivity index (χ4n) is 3.99. The predicted octanol–water partition coefficient (Wildman–Crippen LogP) is 8.21. The average Bonchev–Trinajstić information content (AvgIpc) is 3.22. The second-order valence-electron chi connectivity index (χ2n) is 9.65. The minimum Gasteiger partial charge on any atom is -0.493 e. The van der Waals surface area contributed by atoms with Crippen LogP contribution in [0.25, 0.3) is 10.9 Å². The summed E-state index contributed by atoms with van der Waals surface area (Å²) in [5.74, 6) is 1.52. The van der Waals surface area contributed by atoms with E-state index >= 15 is 0 Å². The van der Waals surface area contributed by atoms with Crippen LogP contribution in [0.5, 0.6) is 5.88 Å². The maximum absolute atomic E-state index is 10.3. The summed E-state index contributed by atoms with van der Waals surface area (Å²) in [6, 6.07) is 23.7. The number of anilines is 4. The molecule has 0 radical (unpaired) electrons. The lowest BCUT2D eigenvalue weighted by molar-refractivity contribution is 0.459. The number of rotatable bonds is 8. The number of aromatic amines is 1. The molecule has 0 fully saturated rings. The molecular weight excluding hydrogens is 476 g/mol. The fourth-order valence-corrected chi connectivity index (χ4v) is 3.99. The van der Waals surface area contributed by atoms with E-state index in [1.165, 1.54) is 11.1 Å². The maximum atomic E-state index is 10.3. The van der Waals surface area contributed by atoms with E-state index in [-0.39, 0.29) is 11.8 Å². The fraction of sp³-hybridized carbons (Fsp3) is 0.207. The summed E-state index contributed by atoms with van der Waals surface area (Å²) in [7, 11) is 0. The quantitative estimate of drug-likeness (QED) is 0.157. The number of nitrogens with one attached hydrogen (secondary N) is 3. The molecule has 0 bridgehead atoms. The first-order chi connectivity index (χ1) is 18.4. The first kappa shape index (κ1) is 24.9. The smallest absolute Gasteiger partial charge is 0.275 e. The van der Waals surface area contributed by atoms with E-state index in [2.05, 4.69) is 92.8 Å². The zero-order valence-electron chi connectivity index (χ0n) is 21.8. The molecule has 0 aliphatic heterocycles. The molecule has 192 valence electrons. The van der Waals surface area contributed by atoms with E-state index in [0.29, 0.717) is 29.4 Å². The van der Waals surface area contributed by atoms with E-state index < -0.39 is 0 Å². The van der Waals surface area contributed by atoms with Gasteiger partial charge in [-0.15, -0.1) is 10.2 Å². The Morgan fingerprint density at radius 2 is 1.21 bits per heavy atom. The number of fused-ring (bicyclic) bond motifs is 1. The molecule has 4 N–H and O–H groups in total. The minimum atomic E-state index is -0.0730. The highest BCUT2D eigenvalue weighted by atomic mass is 16.3. The Morgan fingerprint density at radius 3 is 1.74 bits per heavy atom. The molecule has 0 atom stereocenters. The summed E-state index contributed by atoms with van der Waals surface area (Å²) in [6.07, 6.45) is 0. The van der Waals surface area contributed by atoms with Crippen LogP contribution in [0.2, 0.25) is 0 Å². The summed E-state index contributed by atoms with van der Waals surface area (Å²) in [5.41, 5.74) is 5.24. The number of aromatic nitrogens is 4. The minimum absolute atomic E-state index is 0.0730. The third-order valence-electron chi connectivity index (χ3n) is 6.19. The Morgan fingerprint density at radius 1 is 0.684 bits per heavy atom. The molecule has 9 heteroatoms. The van der Waals surface area contributed by atoms with Gasteiger partial charge in [0, 0.05) is 16.8 Å². The summed E-state index contributed by atoms with van der Waals surface area (Å²) in [5, 5.41) is 26.1. The summed E-state index contributed by atoms with van der Waals surface area (Å²) in [4.78, 5) is 16.3. The topological polar surface area (TPSA) is 123 Å². The molecular formula is C29H30N8O. The lowest BCUT2D eigenvalue weighted by Gasteiger charge is -2.11. The lowest BCUT2D eigenvalue weighted by Crippen LogP contribution is -2.04. The van der Waals surface area contributed by atoms with Crippen molar-refractivity contribution in [3.05, 3.63) is 83.9 Å². The molecule has 3 aromatic carbocycles. The van der Waals surface area contributed by atoms with Crippen molar-refractivity contribution in [3.63, 3.8) is 0 Å². The van der Waals surface area contributed by atoms with Crippen LogP contribution in [0.3, 0.4) is 0 Å². The van der Waals surface area contributed by atoms with Crippen LogP contribution in [0.15, 0.2) is 83.0 Å². The Kier molecular flexibility index (Phi) is 6.99. The Hall–Kier alpha value is -4.79. The normalized spacial score (nSPS) is 11.6. The molecule has 0 amide bonds. The number of azo groups is 1. The Labute approximate surface area is 221 Å². The highest BCUT2D eigenvalue weighted by molar-refractivity contribution is 5.94. The van der Waals surface area contributed by atoms with E-state index in [9.17, 15) is 5.11 Å². The zero-order chi connectivity index (χ0) is 26.6. The van der Waals surface area contributed by atoms with Crippen molar-refractivity contribution in [1.29, 1.82) is 0 Å². The number of hydrogen-bond donors (Lipinski definition) is 4. The van der Waals surface area contributed by atoms with Gasteiger partial charge in [0.1, 0.15) is 0 Å². The molecule has 0 saturated heterocycles. The van der Waals surface area contributed by atoms with Crippen LogP contribution in [0, 0.1) is 0 Å². The van der Waals surface area contributed by atoms with Crippen molar-refractivity contribution in [2.45, 2.75) is 39.5 Å². The van der Waals surface area contributed by atoms with Crippen LogP contribution in [0.4, 0.5) is 34.9 Å². The number of benzene rings is 3. The van der Waals surface area contributed by atoms with Gasteiger partial charge in [-0.05, 0) is 53.3 Å². The van der Waals surface area contributed by atoms with Crippen molar-refractivity contribution >= 4 is 45.8 Å². The second kappa shape index (κ2) is 10.7. The molecule has 2 heterocycles. The third kappa shape index (κ3) is 5.62. The molecule has 0 saturated carbocycles. The van der Waals surface area contributed by atoms with Gasteiger partial charge in [0.2, 0.25) is 17.8 Å². The van der Waals surface area contributed by atoms with Crippen molar-refractivity contribution in [1.82, 2.24) is 19.9 Å². The van der Waals surface area contributed by atoms with E-state index in [4.69, 9.17) is 0 Å². The van der Waals surface area contributed by atoms with Gasteiger partial charge in [0.15, 0.2) is 5.69 Å². The third-order valence-corrected chi connectivity index (χ3v) is 6.19. The predicted molar refractivity (Wildman–Crippen MR) is 152 cm³/mol. The molecule has 38 heavy (non-hydrogen) atoms. The van der Waals surface area contributed by atoms with Gasteiger partial charge in [-0.2, -0.15) is 15.0 Å². The van der Waals surface area contributed by atoms with Crippen LogP contribution in [-0.4, -0.2) is 25.0 Å².